The lowest BCUT2D eigenvalue weighted by Gasteiger charge is -2.12. The first-order valence-corrected chi connectivity index (χ1v) is 5.59. The van der Waals surface area contributed by atoms with Crippen LogP contribution < -0.4 is 4.90 Å². The van der Waals surface area contributed by atoms with Crippen LogP contribution in [0.4, 0.5) is 14.9 Å². The van der Waals surface area contributed by atoms with Gasteiger partial charge in [0.2, 0.25) is 0 Å². The molecule has 1 saturated heterocycles. The van der Waals surface area contributed by atoms with Crippen molar-refractivity contribution < 1.29 is 13.9 Å². The van der Waals surface area contributed by atoms with Gasteiger partial charge in [-0.25, -0.2) is 9.18 Å². The van der Waals surface area contributed by atoms with Crippen LogP contribution in [0.1, 0.15) is 6.92 Å². The molecule has 0 unspecified atom stereocenters. The van der Waals surface area contributed by atoms with Gasteiger partial charge in [-0.2, -0.15) is 0 Å². The predicted octanol–water partition coefficient (Wildman–Crippen LogP) is 2.78. The normalized spacial score (nSPS) is 20.6. The molecule has 0 saturated carbocycles. The van der Waals surface area contributed by atoms with Crippen molar-refractivity contribution in [1.29, 1.82) is 0 Å². The van der Waals surface area contributed by atoms with Crippen molar-refractivity contribution in [2.45, 2.75) is 13.0 Å². The Labute approximate surface area is 100 Å². The molecule has 80 valence electrons. The molecule has 1 aliphatic rings. The standard InChI is InChI=1S/C10H9FINO2/c1-6-5-13(10(14)15-6)7-2-3-9(12)8(11)4-7/h2-4,6H,5H2,1H3/t6-/m1/s1. The summed E-state index contributed by atoms with van der Waals surface area (Å²) in [5.74, 6) is -0.319. The summed E-state index contributed by atoms with van der Waals surface area (Å²) in [6.07, 6.45) is -0.553. The molecule has 0 radical (unpaired) electrons. The summed E-state index contributed by atoms with van der Waals surface area (Å²) in [6.45, 7) is 2.28. The van der Waals surface area contributed by atoms with E-state index in [0.29, 0.717) is 15.8 Å². The monoisotopic (exact) mass is 321 g/mol. The molecule has 1 aliphatic heterocycles. The second kappa shape index (κ2) is 3.96. The van der Waals surface area contributed by atoms with E-state index < -0.39 is 6.09 Å². The largest absolute Gasteiger partial charge is 0.444 e. The fourth-order valence-corrected chi connectivity index (χ4v) is 1.80. The Hall–Kier alpha value is -0.850. The number of amides is 1. The SMILES string of the molecule is C[C@@H]1CN(c2ccc(I)c(F)c2)C(=O)O1. The molecule has 1 amide bonds. The molecule has 1 atom stereocenters. The van der Waals surface area contributed by atoms with E-state index in [-0.39, 0.29) is 11.9 Å². The number of rotatable bonds is 1. The zero-order valence-electron chi connectivity index (χ0n) is 8.04. The molecule has 1 aromatic rings. The van der Waals surface area contributed by atoms with Gasteiger partial charge in [0.15, 0.2) is 0 Å². The van der Waals surface area contributed by atoms with E-state index in [2.05, 4.69) is 0 Å². The lowest BCUT2D eigenvalue weighted by atomic mass is 10.3. The minimum Gasteiger partial charge on any atom is -0.444 e. The Morgan fingerprint density at radius 2 is 2.33 bits per heavy atom. The van der Waals surface area contributed by atoms with Crippen LogP contribution in [-0.4, -0.2) is 18.7 Å². The number of hydrogen-bond acceptors (Lipinski definition) is 2. The molecule has 0 bridgehead atoms. The molecule has 0 spiro atoms. The highest BCUT2D eigenvalue weighted by molar-refractivity contribution is 14.1. The van der Waals surface area contributed by atoms with Crippen LogP contribution in [0.3, 0.4) is 0 Å². The number of anilines is 1. The van der Waals surface area contributed by atoms with Crippen LogP contribution in [0.5, 0.6) is 0 Å². The number of carbonyl (C=O) groups excluding carboxylic acids is 1. The maximum Gasteiger partial charge on any atom is 0.414 e. The van der Waals surface area contributed by atoms with Gasteiger partial charge >= 0.3 is 6.09 Å². The lowest BCUT2D eigenvalue weighted by molar-refractivity contribution is 0.150. The third kappa shape index (κ3) is 2.06. The van der Waals surface area contributed by atoms with Crippen LogP contribution in [0.2, 0.25) is 0 Å². The highest BCUT2D eigenvalue weighted by Gasteiger charge is 2.29. The zero-order chi connectivity index (χ0) is 11.0. The van der Waals surface area contributed by atoms with Crippen molar-refractivity contribution in [1.82, 2.24) is 0 Å². The Balaban J connectivity index is 2.30. The van der Waals surface area contributed by atoms with Crippen LogP contribution in [0.25, 0.3) is 0 Å². The number of nitrogens with zero attached hydrogens (tertiary/aromatic N) is 1. The molecule has 0 N–H and O–H groups in total. The van der Waals surface area contributed by atoms with Crippen molar-refractivity contribution >= 4 is 34.4 Å². The van der Waals surface area contributed by atoms with Crippen LogP contribution in [0.15, 0.2) is 18.2 Å². The average molecular weight is 321 g/mol. The number of carbonyl (C=O) groups is 1. The van der Waals surface area contributed by atoms with Gasteiger partial charge in [-0.1, -0.05) is 0 Å². The van der Waals surface area contributed by atoms with Gasteiger partial charge in [-0.05, 0) is 47.7 Å². The van der Waals surface area contributed by atoms with Gasteiger partial charge in [0.1, 0.15) is 11.9 Å². The van der Waals surface area contributed by atoms with Gasteiger partial charge in [0, 0.05) is 3.57 Å². The third-order valence-corrected chi connectivity index (χ3v) is 3.05. The highest BCUT2D eigenvalue weighted by Crippen LogP contribution is 2.24. The average Bonchev–Trinajstić information content (AvgIpc) is 2.50. The molecular formula is C10H9FINO2. The summed E-state index contributed by atoms with van der Waals surface area (Å²) in [5, 5.41) is 0. The molecule has 5 heteroatoms. The minimum atomic E-state index is -0.414. The van der Waals surface area contributed by atoms with E-state index in [0.717, 1.165) is 0 Å². The second-order valence-corrected chi connectivity index (χ2v) is 4.57. The first-order valence-electron chi connectivity index (χ1n) is 4.51. The molecular weight excluding hydrogens is 312 g/mol. The van der Waals surface area contributed by atoms with Gasteiger partial charge in [-0.15, -0.1) is 0 Å². The van der Waals surface area contributed by atoms with E-state index in [1.807, 2.05) is 22.6 Å². The quantitative estimate of drug-likeness (QED) is 0.745. The maximum absolute atomic E-state index is 13.3. The highest BCUT2D eigenvalue weighted by atomic mass is 127. The van der Waals surface area contributed by atoms with E-state index >= 15 is 0 Å². The van der Waals surface area contributed by atoms with Crippen LogP contribution in [-0.2, 0) is 4.74 Å². The Morgan fingerprint density at radius 1 is 1.60 bits per heavy atom. The van der Waals surface area contributed by atoms with Gasteiger partial charge in [-0.3, -0.25) is 4.90 Å². The first-order chi connectivity index (χ1) is 7.08. The van der Waals surface area contributed by atoms with Crippen molar-refractivity contribution in [3.8, 4) is 0 Å². The molecule has 1 fully saturated rings. The zero-order valence-corrected chi connectivity index (χ0v) is 10.2. The van der Waals surface area contributed by atoms with Crippen LogP contribution >= 0.6 is 22.6 Å². The summed E-state index contributed by atoms with van der Waals surface area (Å²) >= 11 is 1.90. The Bertz CT molecular complexity index is 410. The molecule has 1 aromatic carbocycles. The summed E-state index contributed by atoms with van der Waals surface area (Å²) in [5.41, 5.74) is 0.544. The predicted molar refractivity (Wildman–Crippen MR) is 62.4 cm³/mol. The van der Waals surface area contributed by atoms with Crippen LogP contribution in [0, 0.1) is 9.39 Å². The van der Waals surface area contributed by atoms with E-state index in [1.54, 1.807) is 19.1 Å². The van der Waals surface area contributed by atoms with Gasteiger partial charge in [0.25, 0.3) is 0 Å². The second-order valence-electron chi connectivity index (χ2n) is 3.40. The maximum atomic E-state index is 13.3. The van der Waals surface area contributed by atoms with E-state index in [4.69, 9.17) is 4.74 Å². The lowest BCUT2D eigenvalue weighted by Crippen LogP contribution is -2.24. The van der Waals surface area contributed by atoms with Gasteiger partial charge in [0.05, 0.1) is 12.2 Å². The minimum absolute atomic E-state index is 0.139. The third-order valence-electron chi connectivity index (χ3n) is 2.18. The number of cyclic esters (lactones) is 1. The molecule has 1 heterocycles. The topological polar surface area (TPSA) is 29.5 Å². The summed E-state index contributed by atoms with van der Waals surface area (Å²) in [7, 11) is 0. The summed E-state index contributed by atoms with van der Waals surface area (Å²) in [4.78, 5) is 12.8. The van der Waals surface area contributed by atoms with E-state index in [9.17, 15) is 9.18 Å². The smallest absolute Gasteiger partial charge is 0.414 e. The number of hydrogen-bond donors (Lipinski definition) is 0. The van der Waals surface area contributed by atoms with Crippen molar-refractivity contribution in [2.24, 2.45) is 0 Å². The van der Waals surface area contributed by atoms with Crippen molar-refractivity contribution in [2.75, 3.05) is 11.4 Å². The van der Waals surface area contributed by atoms with E-state index in [1.165, 1.54) is 11.0 Å². The Kier molecular flexibility index (Phi) is 2.81. The number of halogens is 2. The van der Waals surface area contributed by atoms with Crippen molar-refractivity contribution in [3.05, 3.63) is 27.6 Å². The number of benzene rings is 1. The fourth-order valence-electron chi connectivity index (χ4n) is 1.47. The summed E-state index contributed by atoms with van der Waals surface area (Å²) < 4.78 is 18.8. The van der Waals surface area contributed by atoms with Crippen molar-refractivity contribution in [3.63, 3.8) is 0 Å². The Morgan fingerprint density at radius 3 is 2.87 bits per heavy atom. The number of ether oxygens (including phenoxy) is 1. The molecule has 0 aromatic heterocycles. The van der Waals surface area contributed by atoms with Gasteiger partial charge < -0.3 is 4.74 Å². The molecule has 15 heavy (non-hydrogen) atoms. The fraction of sp³-hybridized carbons (Fsp3) is 0.300. The molecule has 3 nitrogen and oxygen atoms in total. The summed E-state index contributed by atoms with van der Waals surface area (Å²) in [6, 6.07) is 4.70. The molecule has 2 rings (SSSR count). The first kappa shape index (κ1) is 10.7. The molecule has 0 aliphatic carbocycles.